The fraction of sp³-hybridized carbons (Fsp3) is 0.350. The molecule has 0 radical (unpaired) electrons. The maximum Gasteiger partial charge on any atom is 0.242 e. The van der Waals surface area contributed by atoms with Crippen molar-refractivity contribution in [2.45, 2.75) is 33.4 Å². The second-order valence-corrected chi connectivity index (χ2v) is 5.91. The number of anilines is 1. The predicted molar refractivity (Wildman–Crippen MR) is 98.2 cm³/mol. The molecule has 0 aliphatic carbocycles. The van der Waals surface area contributed by atoms with Crippen molar-refractivity contribution in [3.63, 3.8) is 0 Å². The Morgan fingerprint density at radius 1 is 1.08 bits per heavy atom. The average molecular weight is 326 g/mol. The minimum absolute atomic E-state index is 0.0859. The number of ether oxygens (including phenoxy) is 1. The molecule has 4 heteroatoms. The van der Waals surface area contributed by atoms with E-state index >= 15 is 0 Å². The lowest BCUT2D eigenvalue weighted by molar-refractivity contribution is -0.131. The van der Waals surface area contributed by atoms with Crippen molar-refractivity contribution in [3.8, 4) is 5.75 Å². The van der Waals surface area contributed by atoms with Crippen LogP contribution >= 0.6 is 0 Å². The van der Waals surface area contributed by atoms with Gasteiger partial charge in [0, 0.05) is 18.3 Å². The lowest BCUT2D eigenvalue weighted by atomic mass is 10.2. The van der Waals surface area contributed by atoms with Crippen LogP contribution in [0.3, 0.4) is 0 Å². The van der Waals surface area contributed by atoms with Crippen LogP contribution in [0, 0.1) is 0 Å². The number of rotatable bonds is 8. The molecule has 0 saturated heterocycles. The molecule has 2 aromatic rings. The minimum Gasteiger partial charge on any atom is -0.494 e. The maximum absolute atomic E-state index is 12.6. The van der Waals surface area contributed by atoms with Crippen molar-refractivity contribution >= 4 is 11.6 Å². The average Bonchev–Trinajstić information content (AvgIpc) is 2.60. The van der Waals surface area contributed by atoms with Crippen molar-refractivity contribution in [1.82, 2.24) is 4.90 Å². The maximum atomic E-state index is 12.6. The van der Waals surface area contributed by atoms with Gasteiger partial charge in [-0.05, 0) is 50.6 Å². The van der Waals surface area contributed by atoms with Crippen molar-refractivity contribution in [2.75, 3.05) is 18.5 Å². The predicted octanol–water partition coefficient (Wildman–Crippen LogP) is 3.93. The Hall–Kier alpha value is -2.49. The third kappa shape index (κ3) is 5.30. The number of nitrogens with one attached hydrogen (secondary N) is 1. The SMILES string of the molecule is CCOc1ccc(NCC(=O)N(Cc2ccccc2)C(C)C)cc1. The van der Waals surface area contributed by atoms with Crippen LogP contribution in [0.25, 0.3) is 0 Å². The molecule has 0 aromatic heterocycles. The number of benzene rings is 2. The van der Waals surface area contributed by atoms with Crippen LogP contribution in [-0.2, 0) is 11.3 Å². The van der Waals surface area contributed by atoms with Crippen LogP contribution < -0.4 is 10.1 Å². The monoisotopic (exact) mass is 326 g/mol. The zero-order chi connectivity index (χ0) is 17.4. The molecule has 0 unspecified atom stereocenters. The Bertz CT molecular complexity index is 624. The Morgan fingerprint density at radius 2 is 1.75 bits per heavy atom. The second kappa shape index (κ2) is 8.96. The Balaban J connectivity index is 1.93. The van der Waals surface area contributed by atoms with Crippen LogP contribution in [0.2, 0.25) is 0 Å². The van der Waals surface area contributed by atoms with Crippen molar-refractivity contribution < 1.29 is 9.53 Å². The summed E-state index contributed by atoms with van der Waals surface area (Å²) >= 11 is 0. The summed E-state index contributed by atoms with van der Waals surface area (Å²) in [6.45, 7) is 7.59. The molecule has 0 saturated carbocycles. The first kappa shape index (κ1) is 17.9. The van der Waals surface area contributed by atoms with Gasteiger partial charge in [-0.3, -0.25) is 4.79 Å². The first-order chi connectivity index (χ1) is 11.6. The van der Waals surface area contributed by atoms with Gasteiger partial charge in [-0.25, -0.2) is 0 Å². The smallest absolute Gasteiger partial charge is 0.242 e. The number of amides is 1. The van der Waals surface area contributed by atoms with E-state index < -0.39 is 0 Å². The molecular weight excluding hydrogens is 300 g/mol. The van der Waals surface area contributed by atoms with E-state index in [9.17, 15) is 4.79 Å². The molecule has 0 heterocycles. The van der Waals surface area contributed by atoms with Crippen molar-refractivity contribution in [2.24, 2.45) is 0 Å². The quantitative estimate of drug-likeness (QED) is 0.799. The summed E-state index contributed by atoms with van der Waals surface area (Å²) in [7, 11) is 0. The second-order valence-electron chi connectivity index (χ2n) is 5.91. The third-order valence-corrected chi connectivity index (χ3v) is 3.75. The molecule has 0 bridgehead atoms. The molecule has 0 atom stereocenters. The summed E-state index contributed by atoms with van der Waals surface area (Å²) in [6.07, 6.45) is 0. The Kier molecular flexibility index (Phi) is 6.67. The Labute approximate surface area is 144 Å². The number of carbonyl (C=O) groups excluding carboxylic acids is 1. The molecule has 0 fully saturated rings. The fourth-order valence-electron chi connectivity index (χ4n) is 2.45. The standard InChI is InChI=1S/C20H26N2O2/c1-4-24-19-12-10-18(11-13-19)21-14-20(23)22(16(2)3)15-17-8-6-5-7-9-17/h5-13,16,21H,4,14-15H2,1-3H3. The van der Waals surface area contributed by atoms with E-state index in [1.165, 1.54) is 0 Å². The molecule has 0 spiro atoms. The van der Waals surface area contributed by atoms with E-state index in [1.54, 1.807) is 0 Å². The minimum atomic E-state index is 0.0859. The summed E-state index contributed by atoms with van der Waals surface area (Å²) in [6, 6.07) is 17.9. The molecule has 1 amide bonds. The van der Waals surface area contributed by atoms with Gasteiger partial charge in [-0.2, -0.15) is 0 Å². The Morgan fingerprint density at radius 3 is 2.33 bits per heavy atom. The first-order valence-electron chi connectivity index (χ1n) is 8.40. The molecule has 24 heavy (non-hydrogen) atoms. The van der Waals surface area contributed by atoms with E-state index in [1.807, 2.05) is 80.3 Å². The number of carbonyl (C=O) groups is 1. The topological polar surface area (TPSA) is 41.6 Å². The van der Waals surface area contributed by atoms with Crippen molar-refractivity contribution in [3.05, 3.63) is 60.2 Å². The van der Waals surface area contributed by atoms with Crippen LogP contribution in [0.15, 0.2) is 54.6 Å². The van der Waals surface area contributed by atoms with Gasteiger partial charge in [0.2, 0.25) is 5.91 Å². The number of hydrogen-bond acceptors (Lipinski definition) is 3. The lowest BCUT2D eigenvalue weighted by Gasteiger charge is -2.27. The molecule has 0 aliphatic heterocycles. The zero-order valence-electron chi connectivity index (χ0n) is 14.7. The highest BCUT2D eigenvalue weighted by atomic mass is 16.5. The highest BCUT2D eigenvalue weighted by Gasteiger charge is 2.16. The van der Waals surface area contributed by atoms with E-state index in [-0.39, 0.29) is 18.5 Å². The van der Waals surface area contributed by atoms with Gasteiger partial charge in [0.15, 0.2) is 0 Å². The van der Waals surface area contributed by atoms with Gasteiger partial charge < -0.3 is 15.0 Å². The van der Waals surface area contributed by atoms with Gasteiger partial charge in [0.05, 0.1) is 13.2 Å². The molecular formula is C20H26N2O2. The first-order valence-corrected chi connectivity index (χ1v) is 8.40. The van der Waals surface area contributed by atoms with Gasteiger partial charge in [0.25, 0.3) is 0 Å². The largest absolute Gasteiger partial charge is 0.494 e. The number of hydrogen-bond donors (Lipinski definition) is 1. The molecule has 0 aliphatic rings. The van der Waals surface area contributed by atoms with Crippen LogP contribution in [0.1, 0.15) is 26.3 Å². The van der Waals surface area contributed by atoms with E-state index in [4.69, 9.17) is 4.74 Å². The summed E-state index contributed by atoms with van der Waals surface area (Å²) in [5.41, 5.74) is 2.05. The molecule has 4 nitrogen and oxygen atoms in total. The van der Waals surface area contributed by atoms with E-state index in [0.29, 0.717) is 13.2 Å². The van der Waals surface area contributed by atoms with E-state index in [2.05, 4.69) is 5.32 Å². The van der Waals surface area contributed by atoms with Crippen LogP contribution in [0.5, 0.6) is 5.75 Å². The van der Waals surface area contributed by atoms with Gasteiger partial charge in [-0.15, -0.1) is 0 Å². The molecule has 2 aromatic carbocycles. The van der Waals surface area contributed by atoms with Crippen LogP contribution in [0.4, 0.5) is 5.69 Å². The fourth-order valence-corrected chi connectivity index (χ4v) is 2.45. The van der Waals surface area contributed by atoms with Gasteiger partial charge in [-0.1, -0.05) is 30.3 Å². The molecule has 128 valence electrons. The van der Waals surface area contributed by atoms with Gasteiger partial charge >= 0.3 is 0 Å². The summed E-state index contributed by atoms with van der Waals surface area (Å²) in [5.74, 6) is 0.921. The zero-order valence-corrected chi connectivity index (χ0v) is 14.7. The molecule has 2 rings (SSSR count). The normalized spacial score (nSPS) is 10.5. The summed E-state index contributed by atoms with van der Waals surface area (Å²) in [4.78, 5) is 14.5. The van der Waals surface area contributed by atoms with E-state index in [0.717, 1.165) is 17.0 Å². The van der Waals surface area contributed by atoms with Gasteiger partial charge in [0.1, 0.15) is 5.75 Å². The van der Waals surface area contributed by atoms with Crippen LogP contribution in [-0.4, -0.2) is 30.0 Å². The van der Waals surface area contributed by atoms with Crippen molar-refractivity contribution in [1.29, 1.82) is 0 Å². The third-order valence-electron chi connectivity index (χ3n) is 3.75. The number of nitrogens with zero attached hydrogens (tertiary/aromatic N) is 1. The lowest BCUT2D eigenvalue weighted by Crippen LogP contribution is -2.39. The molecule has 1 N–H and O–H groups in total. The summed E-state index contributed by atoms with van der Waals surface area (Å²) < 4.78 is 5.42. The summed E-state index contributed by atoms with van der Waals surface area (Å²) in [5, 5.41) is 3.19. The highest BCUT2D eigenvalue weighted by Crippen LogP contribution is 2.16. The highest BCUT2D eigenvalue weighted by molar-refractivity contribution is 5.81.